The Morgan fingerprint density at radius 2 is 2.36 bits per heavy atom. The van der Waals surface area contributed by atoms with Crippen LogP contribution in [0.5, 0.6) is 0 Å². The van der Waals surface area contributed by atoms with E-state index in [4.69, 9.17) is 32.9 Å². The average Bonchev–Trinajstić information content (AvgIpc) is 2.36. The summed E-state index contributed by atoms with van der Waals surface area (Å²) in [5.74, 6) is 0.401. The fraction of sp³-hybridized carbons (Fsp3) is 0. The zero-order valence-corrected chi connectivity index (χ0v) is 6.86. The monoisotopic (exact) mass is 187 g/mol. The van der Waals surface area contributed by atoms with Crippen LogP contribution in [0.2, 0.25) is 5.22 Å². The molecule has 0 N–H and O–H groups in total. The minimum atomic E-state index is 0.249. The first kappa shape index (κ1) is 8.19. The zero-order valence-electron chi connectivity index (χ0n) is 5.34. The Kier molecular flexibility index (Phi) is 2.58. The molecule has 1 aromatic heterocycles. The molecule has 0 saturated heterocycles. The molecule has 56 valence electrons. The molecule has 1 heterocycles. The molecule has 0 bridgehead atoms. The maximum absolute atomic E-state index is 8.22. The van der Waals surface area contributed by atoms with Gasteiger partial charge in [-0.1, -0.05) is 11.6 Å². The van der Waals surface area contributed by atoms with Crippen LogP contribution in [0, 0.1) is 11.3 Å². The summed E-state index contributed by atoms with van der Waals surface area (Å²) in [6.45, 7) is 0. The number of rotatable bonds is 1. The first-order valence-corrected chi connectivity index (χ1v) is 3.50. The van der Waals surface area contributed by atoms with Crippen LogP contribution in [0.4, 0.5) is 0 Å². The Bertz CT molecular complexity index is 321. The van der Waals surface area contributed by atoms with Crippen molar-refractivity contribution in [3.8, 4) is 6.07 Å². The van der Waals surface area contributed by atoms with Crippen LogP contribution in [0.1, 0.15) is 5.76 Å². The summed E-state index contributed by atoms with van der Waals surface area (Å²) in [4.78, 5) is 0. The molecule has 0 aliphatic carbocycles. The van der Waals surface area contributed by atoms with Crippen LogP contribution in [0.15, 0.2) is 22.6 Å². The van der Waals surface area contributed by atoms with Gasteiger partial charge in [0.05, 0.1) is 11.1 Å². The molecule has 0 aliphatic heterocycles. The van der Waals surface area contributed by atoms with Crippen LogP contribution in [-0.4, -0.2) is 0 Å². The molecule has 0 aliphatic rings. The molecule has 0 amide bonds. The largest absolute Gasteiger partial charge is 0.444 e. The summed E-state index contributed by atoms with van der Waals surface area (Å²) in [5, 5.41) is 8.72. The molecule has 0 radical (unpaired) electrons. The smallest absolute Gasteiger partial charge is 0.193 e. The van der Waals surface area contributed by atoms with Gasteiger partial charge in [0.2, 0.25) is 0 Å². The van der Waals surface area contributed by atoms with E-state index in [-0.39, 0.29) is 10.3 Å². The lowest BCUT2D eigenvalue weighted by Crippen LogP contribution is -1.66. The van der Waals surface area contributed by atoms with Gasteiger partial charge < -0.3 is 4.42 Å². The Balaban J connectivity index is 2.95. The van der Waals surface area contributed by atoms with E-state index in [0.29, 0.717) is 5.76 Å². The van der Waals surface area contributed by atoms with Crippen molar-refractivity contribution in [2.75, 3.05) is 0 Å². The summed E-state index contributed by atoms with van der Waals surface area (Å²) >= 11 is 11.1. The van der Waals surface area contributed by atoms with E-state index in [9.17, 15) is 0 Å². The standard InChI is InChI=1S/C7H3Cl2NO/c8-5(3-4-10)6-1-2-7(9)11-6/h1-3H/b5-3+. The number of nitriles is 1. The molecular formula is C7H3Cl2NO. The second-order valence-electron chi connectivity index (χ2n) is 1.73. The minimum Gasteiger partial charge on any atom is -0.444 e. The predicted octanol–water partition coefficient (Wildman–Crippen LogP) is 3.04. The highest BCUT2D eigenvalue weighted by molar-refractivity contribution is 6.48. The summed E-state index contributed by atoms with van der Waals surface area (Å²) < 4.78 is 4.91. The summed E-state index contributed by atoms with van der Waals surface area (Å²) in [6, 6.07) is 4.93. The number of allylic oxidation sites excluding steroid dienone is 1. The van der Waals surface area contributed by atoms with Crippen molar-refractivity contribution < 1.29 is 4.42 Å². The molecule has 1 rings (SSSR count). The van der Waals surface area contributed by atoms with Crippen molar-refractivity contribution >= 4 is 28.2 Å². The van der Waals surface area contributed by atoms with Gasteiger partial charge in [-0.3, -0.25) is 0 Å². The molecular weight excluding hydrogens is 185 g/mol. The highest BCUT2D eigenvalue weighted by atomic mass is 35.5. The van der Waals surface area contributed by atoms with E-state index in [0.717, 1.165) is 0 Å². The van der Waals surface area contributed by atoms with Crippen LogP contribution in [-0.2, 0) is 0 Å². The van der Waals surface area contributed by atoms with Gasteiger partial charge in [0.15, 0.2) is 5.22 Å². The van der Waals surface area contributed by atoms with Gasteiger partial charge in [0, 0.05) is 6.08 Å². The van der Waals surface area contributed by atoms with Crippen LogP contribution in [0.3, 0.4) is 0 Å². The van der Waals surface area contributed by atoms with Crippen LogP contribution >= 0.6 is 23.2 Å². The van der Waals surface area contributed by atoms with E-state index in [1.807, 2.05) is 0 Å². The molecule has 4 heteroatoms. The van der Waals surface area contributed by atoms with E-state index in [2.05, 4.69) is 0 Å². The first-order chi connectivity index (χ1) is 5.24. The minimum absolute atomic E-state index is 0.249. The molecule has 0 fully saturated rings. The Morgan fingerprint density at radius 3 is 2.82 bits per heavy atom. The Labute approximate surface area is 73.6 Å². The third-order valence-electron chi connectivity index (χ3n) is 1.000. The third-order valence-corrected chi connectivity index (χ3v) is 1.50. The van der Waals surface area contributed by atoms with Crippen LogP contribution in [0.25, 0.3) is 5.03 Å². The van der Waals surface area contributed by atoms with Crippen molar-refractivity contribution in [2.24, 2.45) is 0 Å². The number of hydrogen-bond donors (Lipinski definition) is 0. The van der Waals surface area contributed by atoms with Crippen molar-refractivity contribution in [3.63, 3.8) is 0 Å². The number of hydrogen-bond acceptors (Lipinski definition) is 2. The molecule has 1 aromatic rings. The Hall–Kier alpha value is -0.910. The van der Waals surface area contributed by atoms with Gasteiger partial charge in [-0.2, -0.15) is 5.26 Å². The van der Waals surface area contributed by atoms with Gasteiger partial charge >= 0.3 is 0 Å². The van der Waals surface area contributed by atoms with E-state index in [1.54, 1.807) is 18.2 Å². The highest BCUT2D eigenvalue weighted by Crippen LogP contribution is 2.23. The van der Waals surface area contributed by atoms with E-state index in [1.165, 1.54) is 6.08 Å². The van der Waals surface area contributed by atoms with Crippen molar-refractivity contribution in [1.29, 1.82) is 5.26 Å². The van der Waals surface area contributed by atoms with Gasteiger partial charge in [0.1, 0.15) is 5.76 Å². The molecule has 2 nitrogen and oxygen atoms in total. The molecule has 0 spiro atoms. The number of furan rings is 1. The van der Waals surface area contributed by atoms with Gasteiger partial charge in [0.25, 0.3) is 0 Å². The van der Waals surface area contributed by atoms with E-state index >= 15 is 0 Å². The summed E-state index contributed by atoms with van der Waals surface area (Å²) in [5.41, 5.74) is 0. The molecule has 0 aromatic carbocycles. The van der Waals surface area contributed by atoms with Crippen molar-refractivity contribution in [1.82, 2.24) is 0 Å². The topological polar surface area (TPSA) is 36.9 Å². The lowest BCUT2D eigenvalue weighted by Gasteiger charge is -1.87. The fourth-order valence-electron chi connectivity index (χ4n) is 0.570. The zero-order chi connectivity index (χ0) is 8.27. The molecule has 0 unspecified atom stereocenters. The summed E-state index contributed by atoms with van der Waals surface area (Å²) in [7, 11) is 0. The molecule has 0 atom stereocenters. The quantitative estimate of drug-likeness (QED) is 0.635. The predicted molar refractivity (Wildman–Crippen MR) is 43.2 cm³/mol. The van der Waals surface area contributed by atoms with Crippen molar-refractivity contribution in [3.05, 3.63) is 29.2 Å². The van der Waals surface area contributed by atoms with Gasteiger partial charge in [-0.15, -0.1) is 0 Å². The average molecular weight is 188 g/mol. The van der Waals surface area contributed by atoms with Crippen molar-refractivity contribution in [2.45, 2.75) is 0 Å². The molecule has 11 heavy (non-hydrogen) atoms. The summed E-state index contributed by atoms with van der Waals surface area (Å²) in [6.07, 6.45) is 1.18. The second kappa shape index (κ2) is 3.47. The highest BCUT2D eigenvalue weighted by Gasteiger charge is 2.02. The SMILES string of the molecule is N#C/C=C(/Cl)c1ccc(Cl)o1. The maximum atomic E-state index is 8.22. The second-order valence-corrected chi connectivity index (χ2v) is 2.50. The Morgan fingerprint density at radius 1 is 1.64 bits per heavy atom. The first-order valence-electron chi connectivity index (χ1n) is 2.75. The van der Waals surface area contributed by atoms with Gasteiger partial charge in [-0.05, 0) is 23.7 Å². The number of halogens is 2. The lowest BCUT2D eigenvalue weighted by molar-refractivity contribution is 0.557. The number of nitrogens with zero attached hydrogens (tertiary/aromatic N) is 1. The fourth-order valence-corrected chi connectivity index (χ4v) is 0.867. The maximum Gasteiger partial charge on any atom is 0.193 e. The third kappa shape index (κ3) is 2.01. The van der Waals surface area contributed by atoms with Gasteiger partial charge in [-0.25, -0.2) is 0 Å². The lowest BCUT2D eigenvalue weighted by atomic mass is 10.4. The normalized spacial score (nSPS) is 11.2. The molecule has 0 saturated carbocycles. The van der Waals surface area contributed by atoms with E-state index < -0.39 is 0 Å². The van der Waals surface area contributed by atoms with Crippen LogP contribution < -0.4 is 0 Å².